The van der Waals surface area contributed by atoms with Crippen molar-refractivity contribution in [1.29, 1.82) is 0 Å². The minimum absolute atomic E-state index is 0.000828. The van der Waals surface area contributed by atoms with E-state index in [0.29, 0.717) is 12.4 Å². The summed E-state index contributed by atoms with van der Waals surface area (Å²) in [4.78, 5) is 18.3. The first-order valence-corrected chi connectivity index (χ1v) is 12.1. The first-order chi connectivity index (χ1) is 15.9. The highest BCUT2D eigenvalue weighted by Crippen LogP contribution is 2.41. The normalized spacial score (nSPS) is 18.3. The Hall–Kier alpha value is -3.04. The maximum absolute atomic E-state index is 12.2. The maximum Gasteiger partial charge on any atom is 0.343 e. The molecule has 0 bridgehead atoms. The fourth-order valence-electron chi connectivity index (χ4n) is 4.60. The van der Waals surface area contributed by atoms with Crippen LogP contribution >= 0.6 is 11.3 Å². The van der Waals surface area contributed by atoms with Gasteiger partial charge >= 0.3 is 5.69 Å². The summed E-state index contributed by atoms with van der Waals surface area (Å²) in [5.74, 6) is 1.44. The van der Waals surface area contributed by atoms with Crippen LogP contribution < -0.4 is 10.4 Å². The number of allylic oxidation sites excluding steroid dienone is 1. The fourth-order valence-corrected chi connectivity index (χ4v) is 5.64. The molecule has 9 heteroatoms. The molecule has 8 nitrogen and oxygen atoms in total. The molecule has 1 N–H and O–H groups in total. The predicted octanol–water partition coefficient (Wildman–Crippen LogP) is 3.35. The lowest BCUT2D eigenvalue weighted by atomic mass is 9.88. The monoisotopic (exact) mass is 464 g/mol. The van der Waals surface area contributed by atoms with Gasteiger partial charge in [0, 0.05) is 22.9 Å². The van der Waals surface area contributed by atoms with E-state index in [1.807, 2.05) is 13.8 Å². The van der Waals surface area contributed by atoms with Gasteiger partial charge in [0.2, 0.25) is 0 Å². The third-order valence-electron chi connectivity index (χ3n) is 6.34. The number of ether oxygens (including phenoxy) is 2. The van der Waals surface area contributed by atoms with E-state index in [4.69, 9.17) is 14.5 Å². The van der Waals surface area contributed by atoms with Crippen LogP contribution in [-0.4, -0.2) is 56.9 Å². The molecular weight excluding hydrogens is 438 g/mol. The third-order valence-corrected chi connectivity index (χ3v) is 7.45. The molecule has 0 saturated carbocycles. The van der Waals surface area contributed by atoms with Crippen LogP contribution in [0.15, 0.2) is 29.2 Å². The molecule has 0 unspecified atom stereocenters. The molecule has 3 aliphatic heterocycles. The second-order valence-corrected chi connectivity index (χ2v) is 10.7. The van der Waals surface area contributed by atoms with E-state index < -0.39 is 0 Å². The molecule has 0 amide bonds. The number of hydrogen-bond donors (Lipinski definition) is 1. The second kappa shape index (κ2) is 7.50. The van der Waals surface area contributed by atoms with Crippen LogP contribution in [0.5, 0.6) is 5.75 Å². The summed E-state index contributed by atoms with van der Waals surface area (Å²) in [6.07, 6.45) is 5.16. The summed E-state index contributed by atoms with van der Waals surface area (Å²) >= 11 is 1.58. The number of rotatable bonds is 5. The van der Waals surface area contributed by atoms with Gasteiger partial charge in [0.1, 0.15) is 11.3 Å². The number of nitrogens with one attached hydrogen (secondary N) is 1. The molecule has 1 aromatic carbocycles. The molecule has 2 aromatic heterocycles. The van der Waals surface area contributed by atoms with Crippen LogP contribution in [0.3, 0.4) is 0 Å². The molecule has 170 valence electrons. The van der Waals surface area contributed by atoms with E-state index in [1.54, 1.807) is 15.9 Å². The van der Waals surface area contributed by atoms with Gasteiger partial charge < -0.3 is 9.47 Å². The highest BCUT2D eigenvalue weighted by Gasteiger charge is 2.39. The van der Waals surface area contributed by atoms with Gasteiger partial charge in [0.15, 0.2) is 29.8 Å². The zero-order valence-corrected chi connectivity index (χ0v) is 19.7. The van der Waals surface area contributed by atoms with Crippen LogP contribution in [-0.2, 0) is 11.2 Å². The van der Waals surface area contributed by atoms with E-state index >= 15 is 0 Å². The predicted molar refractivity (Wildman–Crippen MR) is 127 cm³/mol. The van der Waals surface area contributed by atoms with Gasteiger partial charge in [-0.3, -0.25) is 4.57 Å². The molecule has 0 spiro atoms. The van der Waals surface area contributed by atoms with Crippen molar-refractivity contribution >= 4 is 23.1 Å². The van der Waals surface area contributed by atoms with E-state index in [9.17, 15) is 4.79 Å². The zero-order valence-electron chi connectivity index (χ0n) is 18.9. The van der Waals surface area contributed by atoms with Gasteiger partial charge in [0.25, 0.3) is 0 Å². The summed E-state index contributed by atoms with van der Waals surface area (Å²) in [5, 5.41) is 7.57. The molecule has 6 rings (SSSR count). The quantitative estimate of drug-likeness (QED) is 0.586. The number of aromatic nitrogens is 4. The van der Waals surface area contributed by atoms with Gasteiger partial charge in [-0.2, -0.15) is 0 Å². The SMILES string of the molecule is CC(C)n1c(-c2nc3c(s2)CCOc2cc(C4=C[N+](CC5(C)COC5)=C4)ccc2-3)n[nH]c1=O. The summed E-state index contributed by atoms with van der Waals surface area (Å²) in [6, 6.07) is 6.33. The van der Waals surface area contributed by atoms with Crippen molar-refractivity contribution in [2.75, 3.05) is 26.4 Å². The molecule has 3 aromatic rings. The topological polar surface area (TPSA) is 85.0 Å². The number of aromatic amines is 1. The maximum atomic E-state index is 12.2. The summed E-state index contributed by atoms with van der Waals surface area (Å²) in [7, 11) is 0. The van der Waals surface area contributed by atoms with Crippen molar-refractivity contribution < 1.29 is 14.0 Å². The van der Waals surface area contributed by atoms with E-state index in [1.165, 1.54) is 5.57 Å². The lowest BCUT2D eigenvalue weighted by Gasteiger charge is -2.35. The third kappa shape index (κ3) is 3.46. The number of hydrogen-bond acceptors (Lipinski definition) is 6. The number of benzene rings is 1. The number of H-pyrrole nitrogens is 1. The largest absolute Gasteiger partial charge is 0.492 e. The minimum Gasteiger partial charge on any atom is -0.492 e. The minimum atomic E-state index is -0.211. The van der Waals surface area contributed by atoms with Crippen LogP contribution in [0.25, 0.3) is 27.7 Å². The van der Waals surface area contributed by atoms with Crippen molar-refractivity contribution in [1.82, 2.24) is 19.7 Å². The van der Waals surface area contributed by atoms with E-state index in [-0.39, 0.29) is 17.1 Å². The van der Waals surface area contributed by atoms with Crippen molar-refractivity contribution in [3.63, 3.8) is 0 Å². The number of nitrogens with zero attached hydrogens (tertiary/aromatic N) is 4. The zero-order chi connectivity index (χ0) is 22.7. The van der Waals surface area contributed by atoms with Crippen molar-refractivity contribution in [2.45, 2.75) is 33.2 Å². The average Bonchev–Trinajstić information content (AvgIpc) is 3.28. The standard InChI is InChI=1S/C24H25N5O3S/c1-14(2)29-21(26-27-23(29)30)22-25-20-17-5-4-15(8-18(17)32-7-6-19(20)33-22)16-9-28(10-16)11-24(3)12-31-13-24/h4-5,8-10,14H,6-7,11-13H2,1-3H3/p+1. The Balaban J connectivity index is 1.30. The highest BCUT2D eigenvalue weighted by atomic mass is 32.1. The Morgan fingerprint density at radius 1 is 1.33 bits per heavy atom. The first-order valence-electron chi connectivity index (χ1n) is 11.2. The Labute approximate surface area is 195 Å². The Morgan fingerprint density at radius 3 is 2.88 bits per heavy atom. The van der Waals surface area contributed by atoms with Gasteiger partial charge in [-0.15, -0.1) is 16.4 Å². The van der Waals surface area contributed by atoms with Crippen LogP contribution in [0.1, 0.15) is 37.3 Å². The highest BCUT2D eigenvalue weighted by molar-refractivity contribution is 7.15. The average molecular weight is 465 g/mol. The Kier molecular flexibility index (Phi) is 4.67. The van der Waals surface area contributed by atoms with Crippen LogP contribution in [0.2, 0.25) is 0 Å². The molecule has 0 atom stereocenters. The second-order valence-electron chi connectivity index (χ2n) is 9.61. The molecular formula is C24H26N5O3S+. The van der Waals surface area contributed by atoms with Gasteiger partial charge in [-0.25, -0.2) is 19.5 Å². The summed E-state index contributed by atoms with van der Waals surface area (Å²) in [5.41, 5.74) is 4.29. The number of thiazole rings is 1. The fraction of sp³-hybridized carbons (Fsp3) is 0.417. The molecule has 5 heterocycles. The van der Waals surface area contributed by atoms with Gasteiger partial charge in [-0.1, -0.05) is 6.07 Å². The van der Waals surface area contributed by atoms with Crippen LogP contribution in [0.4, 0.5) is 0 Å². The smallest absolute Gasteiger partial charge is 0.343 e. The molecule has 0 radical (unpaired) electrons. The van der Waals surface area contributed by atoms with Crippen molar-refractivity contribution in [3.05, 3.63) is 45.3 Å². The van der Waals surface area contributed by atoms with Crippen LogP contribution in [0, 0.1) is 5.41 Å². The lowest BCUT2D eigenvalue weighted by Crippen LogP contribution is -2.46. The van der Waals surface area contributed by atoms with Crippen molar-refractivity contribution in [2.24, 2.45) is 5.41 Å². The molecule has 0 aliphatic carbocycles. The molecule has 33 heavy (non-hydrogen) atoms. The lowest BCUT2D eigenvalue weighted by molar-refractivity contribution is -0.486. The van der Waals surface area contributed by atoms with Gasteiger partial charge in [-0.05, 0) is 38.5 Å². The summed E-state index contributed by atoms with van der Waals surface area (Å²) in [6.45, 7) is 9.44. The molecule has 1 saturated heterocycles. The summed E-state index contributed by atoms with van der Waals surface area (Å²) < 4.78 is 15.4. The first kappa shape index (κ1) is 20.6. The Morgan fingerprint density at radius 2 is 2.15 bits per heavy atom. The van der Waals surface area contributed by atoms with E-state index in [2.05, 4.69) is 52.3 Å². The Bertz CT molecular complexity index is 1370. The molecule has 3 aliphatic rings. The van der Waals surface area contributed by atoms with Gasteiger partial charge in [0.05, 0.1) is 30.9 Å². The van der Waals surface area contributed by atoms with E-state index in [0.717, 1.165) is 58.6 Å². The number of fused-ring (bicyclic) bond motifs is 3. The molecule has 1 fully saturated rings. The van der Waals surface area contributed by atoms with Crippen molar-refractivity contribution in [3.8, 4) is 27.8 Å².